The van der Waals surface area contributed by atoms with Crippen molar-refractivity contribution in [1.82, 2.24) is 19.9 Å². The molecule has 1 aliphatic rings. The zero-order chi connectivity index (χ0) is 15.4. The Balaban J connectivity index is 1.64. The summed E-state index contributed by atoms with van der Waals surface area (Å²) in [6.45, 7) is 6.28. The predicted molar refractivity (Wildman–Crippen MR) is 87.7 cm³/mol. The van der Waals surface area contributed by atoms with Gasteiger partial charge in [0.15, 0.2) is 0 Å². The summed E-state index contributed by atoms with van der Waals surface area (Å²) < 4.78 is 0. The van der Waals surface area contributed by atoms with Gasteiger partial charge in [-0.05, 0) is 13.0 Å². The van der Waals surface area contributed by atoms with Gasteiger partial charge < -0.3 is 15.1 Å². The molecule has 3 heterocycles. The van der Waals surface area contributed by atoms with Crippen LogP contribution in [-0.2, 0) is 0 Å². The van der Waals surface area contributed by atoms with Crippen LogP contribution in [0.25, 0.3) is 0 Å². The van der Waals surface area contributed by atoms with Gasteiger partial charge in [-0.2, -0.15) is 4.98 Å². The molecule has 0 spiro atoms. The highest BCUT2D eigenvalue weighted by atomic mass is 35.5. The molecule has 116 valence electrons. The van der Waals surface area contributed by atoms with Gasteiger partial charge in [0.2, 0.25) is 11.9 Å². The molecule has 0 bridgehead atoms. The average molecular weight is 320 g/mol. The fourth-order valence-corrected chi connectivity index (χ4v) is 2.47. The molecule has 1 N–H and O–H groups in total. The molecule has 2 aromatic heterocycles. The first-order valence-corrected chi connectivity index (χ1v) is 7.68. The maximum absolute atomic E-state index is 5.82. The minimum atomic E-state index is 0.555. The summed E-state index contributed by atoms with van der Waals surface area (Å²) in [4.78, 5) is 21.7. The van der Waals surface area contributed by atoms with E-state index in [4.69, 9.17) is 11.6 Å². The number of piperazine rings is 1. The fourth-order valence-electron chi connectivity index (χ4n) is 2.37. The Kier molecular flexibility index (Phi) is 4.53. The molecule has 0 saturated carbocycles. The zero-order valence-electron chi connectivity index (χ0n) is 12.4. The Morgan fingerprint density at radius 1 is 1.09 bits per heavy atom. The molecular weight excluding hydrogens is 302 g/mol. The van der Waals surface area contributed by atoms with E-state index in [1.807, 2.05) is 13.0 Å². The summed E-state index contributed by atoms with van der Waals surface area (Å²) in [5.41, 5.74) is 0. The van der Waals surface area contributed by atoms with Crippen molar-refractivity contribution in [3.63, 3.8) is 0 Å². The summed E-state index contributed by atoms with van der Waals surface area (Å²) in [5, 5.41) is 3.69. The normalized spacial score (nSPS) is 15.0. The molecular formula is C14H18ClN7. The lowest BCUT2D eigenvalue weighted by Crippen LogP contribution is -2.47. The number of nitrogens with one attached hydrogen (secondary N) is 1. The number of rotatable bonds is 4. The smallest absolute Gasteiger partial charge is 0.225 e. The summed E-state index contributed by atoms with van der Waals surface area (Å²) in [6.07, 6.45) is 5.04. The maximum atomic E-state index is 5.82. The predicted octanol–water partition coefficient (Wildman–Crippen LogP) is 1.68. The van der Waals surface area contributed by atoms with Crippen LogP contribution in [0.2, 0.25) is 5.02 Å². The maximum Gasteiger partial charge on any atom is 0.225 e. The first-order chi connectivity index (χ1) is 10.8. The largest absolute Gasteiger partial charge is 0.354 e. The van der Waals surface area contributed by atoms with Crippen molar-refractivity contribution in [2.24, 2.45) is 0 Å². The van der Waals surface area contributed by atoms with E-state index in [2.05, 4.69) is 35.1 Å². The summed E-state index contributed by atoms with van der Waals surface area (Å²) >= 11 is 5.82. The average Bonchev–Trinajstić information content (AvgIpc) is 2.56. The lowest BCUT2D eigenvalue weighted by molar-refractivity contribution is 0.634. The first kappa shape index (κ1) is 14.8. The molecule has 3 rings (SSSR count). The van der Waals surface area contributed by atoms with E-state index in [1.54, 1.807) is 18.6 Å². The fraction of sp³-hybridized carbons (Fsp3) is 0.429. The van der Waals surface area contributed by atoms with Crippen molar-refractivity contribution < 1.29 is 0 Å². The highest BCUT2D eigenvalue weighted by molar-refractivity contribution is 6.30. The Morgan fingerprint density at radius 2 is 1.77 bits per heavy atom. The van der Waals surface area contributed by atoms with Crippen LogP contribution in [-0.4, -0.2) is 52.7 Å². The molecule has 0 aromatic carbocycles. The van der Waals surface area contributed by atoms with Gasteiger partial charge in [-0.25, -0.2) is 15.0 Å². The third-order valence-electron chi connectivity index (χ3n) is 3.47. The number of aromatic nitrogens is 4. The number of hydrogen-bond acceptors (Lipinski definition) is 7. The Labute approximate surface area is 134 Å². The molecule has 0 amide bonds. The molecule has 0 radical (unpaired) electrons. The van der Waals surface area contributed by atoms with Crippen LogP contribution in [0, 0.1) is 0 Å². The van der Waals surface area contributed by atoms with E-state index >= 15 is 0 Å². The first-order valence-electron chi connectivity index (χ1n) is 7.30. The molecule has 0 atom stereocenters. The van der Waals surface area contributed by atoms with Crippen molar-refractivity contribution in [2.45, 2.75) is 6.92 Å². The second-order valence-electron chi connectivity index (χ2n) is 4.94. The number of hydrogen-bond donors (Lipinski definition) is 1. The highest BCUT2D eigenvalue weighted by Crippen LogP contribution is 2.17. The molecule has 7 nitrogen and oxygen atoms in total. The molecule has 2 aromatic rings. The van der Waals surface area contributed by atoms with Crippen LogP contribution < -0.4 is 15.1 Å². The third kappa shape index (κ3) is 3.36. The van der Waals surface area contributed by atoms with Crippen molar-refractivity contribution in [1.29, 1.82) is 0 Å². The Hall–Kier alpha value is -2.15. The van der Waals surface area contributed by atoms with Crippen molar-refractivity contribution in [3.8, 4) is 0 Å². The van der Waals surface area contributed by atoms with Gasteiger partial charge in [-0.3, -0.25) is 0 Å². The molecule has 1 fully saturated rings. The van der Waals surface area contributed by atoms with Crippen molar-refractivity contribution in [3.05, 3.63) is 29.7 Å². The lowest BCUT2D eigenvalue weighted by atomic mass is 10.3. The van der Waals surface area contributed by atoms with Gasteiger partial charge in [0.05, 0.1) is 17.4 Å². The monoisotopic (exact) mass is 319 g/mol. The summed E-state index contributed by atoms with van der Waals surface area (Å²) in [7, 11) is 0. The van der Waals surface area contributed by atoms with E-state index < -0.39 is 0 Å². The Bertz CT molecular complexity index is 611. The van der Waals surface area contributed by atoms with E-state index in [9.17, 15) is 0 Å². The number of nitrogens with zero attached hydrogens (tertiary/aromatic N) is 6. The van der Waals surface area contributed by atoms with E-state index in [1.165, 1.54) is 0 Å². The molecule has 0 unspecified atom stereocenters. The zero-order valence-corrected chi connectivity index (χ0v) is 13.2. The van der Waals surface area contributed by atoms with Gasteiger partial charge in [0, 0.05) is 38.9 Å². The van der Waals surface area contributed by atoms with Crippen LogP contribution in [0.3, 0.4) is 0 Å². The van der Waals surface area contributed by atoms with Crippen LogP contribution in [0.1, 0.15) is 6.92 Å². The Morgan fingerprint density at radius 3 is 2.45 bits per heavy atom. The lowest BCUT2D eigenvalue weighted by Gasteiger charge is -2.35. The minimum absolute atomic E-state index is 0.555. The number of halogens is 1. The van der Waals surface area contributed by atoms with Crippen LogP contribution in [0.5, 0.6) is 0 Å². The second kappa shape index (κ2) is 6.74. The van der Waals surface area contributed by atoms with E-state index in [-0.39, 0.29) is 0 Å². The van der Waals surface area contributed by atoms with Gasteiger partial charge in [0.25, 0.3) is 0 Å². The van der Waals surface area contributed by atoms with Crippen molar-refractivity contribution in [2.75, 3.05) is 47.8 Å². The topological polar surface area (TPSA) is 70.1 Å². The van der Waals surface area contributed by atoms with Gasteiger partial charge in [0.1, 0.15) is 5.82 Å². The minimum Gasteiger partial charge on any atom is -0.354 e. The quantitative estimate of drug-likeness (QED) is 0.919. The number of anilines is 3. The van der Waals surface area contributed by atoms with Gasteiger partial charge in [-0.15, -0.1) is 0 Å². The van der Waals surface area contributed by atoms with E-state index in [0.29, 0.717) is 11.0 Å². The van der Waals surface area contributed by atoms with Gasteiger partial charge >= 0.3 is 0 Å². The molecule has 22 heavy (non-hydrogen) atoms. The van der Waals surface area contributed by atoms with Crippen LogP contribution >= 0.6 is 11.6 Å². The molecule has 0 aliphatic carbocycles. The van der Waals surface area contributed by atoms with E-state index in [0.717, 1.165) is 44.5 Å². The van der Waals surface area contributed by atoms with Gasteiger partial charge in [-0.1, -0.05) is 11.6 Å². The molecule has 8 heteroatoms. The third-order valence-corrected chi connectivity index (χ3v) is 3.66. The molecule has 1 saturated heterocycles. The molecule has 1 aliphatic heterocycles. The van der Waals surface area contributed by atoms with Crippen LogP contribution in [0.15, 0.2) is 24.7 Å². The highest BCUT2D eigenvalue weighted by Gasteiger charge is 2.20. The SMILES string of the molecule is CCNc1nccc(N2CCN(c3ncc(Cl)cn3)CC2)n1. The standard InChI is InChI=1S/C14H18ClN7/c1-2-16-13-17-4-3-12(20-13)21-5-7-22(8-6-21)14-18-9-11(15)10-19-14/h3-4,9-10H,2,5-8H2,1H3,(H,16,17,20). The van der Waals surface area contributed by atoms with Crippen molar-refractivity contribution >= 4 is 29.3 Å². The summed E-state index contributed by atoms with van der Waals surface area (Å²) in [6, 6.07) is 1.94. The summed E-state index contributed by atoms with van der Waals surface area (Å²) in [5.74, 6) is 2.34. The van der Waals surface area contributed by atoms with Crippen LogP contribution in [0.4, 0.5) is 17.7 Å². The second-order valence-corrected chi connectivity index (χ2v) is 5.38.